The number of para-hydroxylation sites is 2. The summed E-state index contributed by atoms with van der Waals surface area (Å²) in [5.74, 6) is -0.548. The normalized spacial score (nSPS) is 11.0. The van der Waals surface area contributed by atoms with Gasteiger partial charge in [-0.3, -0.25) is 0 Å². The van der Waals surface area contributed by atoms with Gasteiger partial charge in [-0.25, -0.2) is 32.5 Å². The SMILES string of the molecule is COc1ccccc1Oc1c(OC)nc(-c2ncccn2)nc1N(COC(=O)OCCCCO[N+](=O)[O-])S(=O)(=O)/C=C/c1ccccc1. The molecule has 4 rings (SSSR count). The van der Waals surface area contributed by atoms with Crippen LogP contribution in [-0.2, 0) is 24.3 Å². The molecule has 0 radical (unpaired) electrons. The Morgan fingerprint density at radius 2 is 1.56 bits per heavy atom. The number of methoxy groups -OCH3 is 2. The van der Waals surface area contributed by atoms with Gasteiger partial charge in [0.25, 0.3) is 21.0 Å². The highest BCUT2D eigenvalue weighted by Crippen LogP contribution is 2.43. The molecule has 0 spiro atoms. The van der Waals surface area contributed by atoms with Crippen molar-refractivity contribution < 1.29 is 46.8 Å². The van der Waals surface area contributed by atoms with Crippen molar-refractivity contribution in [2.24, 2.45) is 0 Å². The quantitative estimate of drug-likeness (QED) is 0.0489. The molecule has 0 aliphatic rings. The van der Waals surface area contributed by atoms with Crippen LogP contribution < -0.4 is 18.5 Å². The van der Waals surface area contributed by atoms with Gasteiger partial charge in [-0.05, 0) is 42.7 Å². The van der Waals surface area contributed by atoms with Crippen molar-refractivity contribution in [3.63, 3.8) is 0 Å². The van der Waals surface area contributed by atoms with E-state index in [1.54, 1.807) is 60.7 Å². The second-order valence-electron chi connectivity index (χ2n) is 9.28. The predicted octanol–water partition coefficient (Wildman–Crippen LogP) is 4.65. The van der Waals surface area contributed by atoms with Gasteiger partial charge in [0, 0.05) is 12.4 Å². The summed E-state index contributed by atoms with van der Waals surface area (Å²) in [6.07, 6.45) is 3.43. The first-order chi connectivity index (χ1) is 23.2. The molecular weight excluding hydrogens is 652 g/mol. The third kappa shape index (κ3) is 9.73. The number of sulfonamides is 1. The monoisotopic (exact) mass is 682 g/mol. The van der Waals surface area contributed by atoms with Crippen molar-refractivity contribution in [1.82, 2.24) is 19.9 Å². The highest BCUT2D eigenvalue weighted by atomic mass is 32.2. The highest BCUT2D eigenvalue weighted by Gasteiger charge is 2.32. The number of benzene rings is 2. The molecule has 0 saturated carbocycles. The van der Waals surface area contributed by atoms with Gasteiger partial charge >= 0.3 is 6.16 Å². The third-order valence-electron chi connectivity index (χ3n) is 6.09. The molecule has 4 aromatic rings. The van der Waals surface area contributed by atoms with Crippen LogP contribution in [-0.4, -0.2) is 73.8 Å². The van der Waals surface area contributed by atoms with Crippen LogP contribution >= 0.6 is 0 Å². The predicted molar refractivity (Wildman–Crippen MR) is 169 cm³/mol. The average Bonchev–Trinajstić information content (AvgIpc) is 3.10. The number of anilines is 1. The molecule has 0 bridgehead atoms. The molecule has 48 heavy (non-hydrogen) atoms. The van der Waals surface area contributed by atoms with Crippen LogP contribution in [0.2, 0.25) is 0 Å². The Bertz CT molecular complexity index is 1810. The van der Waals surface area contributed by atoms with E-state index in [1.165, 1.54) is 32.7 Å². The zero-order valence-electron chi connectivity index (χ0n) is 25.7. The number of aromatic nitrogens is 4. The van der Waals surface area contributed by atoms with E-state index in [-0.39, 0.29) is 55.1 Å². The van der Waals surface area contributed by atoms with Crippen molar-refractivity contribution in [2.45, 2.75) is 12.8 Å². The van der Waals surface area contributed by atoms with Crippen LogP contribution in [0.5, 0.6) is 23.1 Å². The zero-order chi connectivity index (χ0) is 34.4. The van der Waals surface area contributed by atoms with Gasteiger partial charge in [-0.15, -0.1) is 10.1 Å². The van der Waals surface area contributed by atoms with Crippen LogP contribution in [0.3, 0.4) is 0 Å². The minimum Gasteiger partial charge on any atom is -0.493 e. The van der Waals surface area contributed by atoms with Crippen molar-refractivity contribution in [1.29, 1.82) is 0 Å². The summed E-state index contributed by atoms with van der Waals surface area (Å²) < 4.78 is 55.9. The van der Waals surface area contributed by atoms with E-state index in [1.807, 2.05) is 0 Å². The highest BCUT2D eigenvalue weighted by molar-refractivity contribution is 7.95. The second kappa shape index (κ2) is 17.0. The number of rotatable bonds is 17. The molecule has 252 valence electrons. The van der Waals surface area contributed by atoms with Crippen LogP contribution in [0, 0.1) is 10.1 Å². The first-order valence-electron chi connectivity index (χ1n) is 14.1. The van der Waals surface area contributed by atoms with Crippen LogP contribution in [0.25, 0.3) is 17.7 Å². The lowest BCUT2D eigenvalue weighted by atomic mass is 10.2. The third-order valence-corrected chi connectivity index (χ3v) is 7.46. The molecule has 0 N–H and O–H groups in total. The van der Waals surface area contributed by atoms with Gasteiger partial charge in [-0.2, -0.15) is 4.98 Å². The van der Waals surface area contributed by atoms with Crippen molar-refractivity contribution in [2.75, 3.05) is 38.5 Å². The molecule has 17 nitrogen and oxygen atoms in total. The topological polar surface area (TPSA) is 205 Å². The molecule has 0 unspecified atom stereocenters. The number of hydrogen-bond donors (Lipinski definition) is 0. The summed E-state index contributed by atoms with van der Waals surface area (Å²) in [7, 11) is -1.81. The van der Waals surface area contributed by atoms with E-state index < -0.39 is 33.8 Å². The Hall–Kier alpha value is -6.04. The number of nitrogens with zero attached hydrogens (tertiary/aromatic N) is 6. The second-order valence-corrected chi connectivity index (χ2v) is 11.0. The Morgan fingerprint density at radius 3 is 2.25 bits per heavy atom. The Kier molecular flexibility index (Phi) is 12.4. The van der Waals surface area contributed by atoms with E-state index in [0.29, 0.717) is 15.6 Å². The van der Waals surface area contributed by atoms with E-state index in [0.717, 1.165) is 5.41 Å². The molecule has 0 saturated heterocycles. The smallest absolute Gasteiger partial charge is 0.493 e. The average molecular weight is 683 g/mol. The molecule has 0 fully saturated rings. The fraction of sp³-hybridized carbons (Fsp3) is 0.233. The largest absolute Gasteiger partial charge is 0.510 e. The molecule has 0 atom stereocenters. The minimum atomic E-state index is -4.52. The summed E-state index contributed by atoms with van der Waals surface area (Å²) in [5.41, 5.74) is 0.562. The number of unbranched alkanes of at least 4 members (excludes halogenated alkanes) is 1. The Morgan fingerprint density at radius 1 is 0.875 bits per heavy atom. The number of ether oxygens (including phenoxy) is 5. The summed E-state index contributed by atoms with van der Waals surface area (Å²) in [6.45, 7) is -1.31. The summed E-state index contributed by atoms with van der Waals surface area (Å²) >= 11 is 0. The van der Waals surface area contributed by atoms with Gasteiger partial charge < -0.3 is 28.5 Å². The molecule has 0 aliphatic heterocycles. The zero-order valence-corrected chi connectivity index (χ0v) is 26.5. The van der Waals surface area contributed by atoms with Crippen LogP contribution in [0.4, 0.5) is 10.6 Å². The molecule has 18 heteroatoms. The number of carbonyl (C=O) groups is 1. The number of hydrogen-bond acceptors (Lipinski definition) is 15. The van der Waals surface area contributed by atoms with Gasteiger partial charge in [0.05, 0.1) is 32.8 Å². The van der Waals surface area contributed by atoms with Gasteiger partial charge in [0.1, 0.15) is 0 Å². The van der Waals surface area contributed by atoms with E-state index >= 15 is 0 Å². The maximum absolute atomic E-state index is 14.0. The molecular formula is C30H30N6O11S. The van der Waals surface area contributed by atoms with Crippen LogP contribution in [0.15, 0.2) is 78.5 Å². The fourth-order valence-electron chi connectivity index (χ4n) is 3.85. The van der Waals surface area contributed by atoms with Gasteiger partial charge in [-0.1, -0.05) is 42.5 Å². The lowest BCUT2D eigenvalue weighted by Crippen LogP contribution is -2.34. The maximum Gasteiger partial charge on any atom is 0.510 e. The number of carbonyl (C=O) groups excluding carboxylic acids is 1. The summed E-state index contributed by atoms with van der Waals surface area (Å²) in [4.78, 5) is 44.2. The van der Waals surface area contributed by atoms with E-state index in [4.69, 9.17) is 23.7 Å². The Labute approximate surface area is 274 Å². The molecule has 0 amide bonds. The summed E-state index contributed by atoms with van der Waals surface area (Å²) in [5, 5.41) is 10.3. The van der Waals surface area contributed by atoms with Gasteiger partial charge in [0.15, 0.2) is 29.9 Å². The van der Waals surface area contributed by atoms with Crippen LogP contribution in [0.1, 0.15) is 18.4 Å². The Balaban J connectivity index is 1.76. The molecule has 2 aromatic carbocycles. The van der Waals surface area contributed by atoms with Crippen molar-refractivity contribution in [3.8, 4) is 34.8 Å². The minimum absolute atomic E-state index is 0.0273. The maximum atomic E-state index is 14.0. The van der Waals surface area contributed by atoms with Crippen molar-refractivity contribution in [3.05, 3.63) is 94.1 Å². The lowest BCUT2D eigenvalue weighted by Gasteiger charge is -2.24. The molecule has 0 aliphatic carbocycles. The standard InChI is InChI=1S/C30H30N6O11S/c1-42-23-13-6-7-14-24(23)47-25-28(33-27(34-29(25)43-2)26-31-16-10-17-32-26)35(48(40,41)20-15-22-11-4-3-5-12-22)21-45-30(37)44-18-8-9-19-46-36(38)39/h3-7,10-17,20H,8-9,18-19,21H2,1-2H3/b20-15+. The first kappa shape index (κ1) is 34.8. The summed E-state index contributed by atoms with van der Waals surface area (Å²) in [6, 6.07) is 16.7. The fourth-order valence-corrected chi connectivity index (χ4v) is 4.89. The molecule has 2 aromatic heterocycles. The lowest BCUT2D eigenvalue weighted by molar-refractivity contribution is -0.757. The molecule has 2 heterocycles. The first-order valence-corrected chi connectivity index (χ1v) is 15.6. The van der Waals surface area contributed by atoms with E-state index in [2.05, 4.69) is 24.8 Å². The van der Waals surface area contributed by atoms with Crippen molar-refractivity contribution >= 4 is 28.1 Å². The van der Waals surface area contributed by atoms with E-state index in [9.17, 15) is 23.3 Å². The van der Waals surface area contributed by atoms with Gasteiger partial charge in [0.2, 0.25) is 11.6 Å².